The highest BCUT2D eigenvalue weighted by atomic mass is 35.5. The molecule has 2 aromatic carbocycles. The Morgan fingerprint density at radius 1 is 1.11 bits per heavy atom. The van der Waals surface area contributed by atoms with Crippen molar-refractivity contribution in [3.05, 3.63) is 69.3 Å². The van der Waals surface area contributed by atoms with Gasteiger partial charge in [-0.15, -0.1) is 0 Å². The highest BCUT2D eigenvalue weighted by molar-refractivity contribution is 6.35. The van der Waals surface area contributed by atoms with Crippen LogP contribution < -0.4 is 9.64 Å². The molecule has 1 amide bonds. The Hall–Kier alpha value is -2.50. The van der Waals surface area contributed by atoms with E-state index in [9.17, 15) is 9.59 Å². The predicted octanol–water partition coefficient (Wildman–Crippen LogP) is 4.33. The van der Waals surface area contributed by atoms with Crippen molar-refractivity contribution in [3.8, 4) is 5.75 Å². The molecule has 138 valence electrons. The van der Waals surface area contributed by atoms with Gasteiger partial charge < -0.3 is 9.47 Å². The minimum Gasteiger partial charge on any atom is -0.497 e. The number of ether oxygens (including phenoxy) is 2. The number of cyclic esters (lactones) is 1. The third-order valence-electron chi connectivity index (χ3n) is 4.72. The van der Waals surface area contributed by atoms with E-state index in [1.807, 2.05) is 24.3 Å². The van der Waals surface area contributed by atoms with E-state index in [0.717, 1.165) is 5.56 Å². The number of amides is 1. The summed E-state index contributed by atoms with van der Waals surface area (Å²) in [5, 5.41) is 0.820. The summed E-state index contributed by atoms with van der Waals surface area (Å²) in [6, 6.07) is 12.2. The number of carbonyl (C=O) groups excluding carboxylic acids is 2. The van der Waals surface area contributed by atoms with Crippen LogP contribution in [0.2, 0.25) is 10.0 Å². The molecule has 2 aliphatic rings. The monoisotopic (exact) mass is 403 g/mol. The second-order valence-electron chi connectivity index (χ2n) is 6.33. The van der Waals surface area contributed by atoms with Crippen molar-refractivity contribution in [1.29, 1.82) is 0 Å². The molecule has 5 nitrogen and oxygen atoms in total. The minimum atomic E-state index is -0.413. The number of benzene rings is 2. The van der Waals surface area contributed by atoms with E-state index >= 15 is 0 Å². The summed E-state index contributed by atoms with van der Waals surface area (Å²) in [5.74, 6) is -0.289. The lowest BCUT2D eigenvalue weighted by molar-refractivity contribution is -0.136. The maximum absolute atomic E-state index is 13.0. The van der Waals surface area contributed by atoms with E-state index in [-0.39, 0.29) is 24.9 Å². The van der Waals surface area contributed by atoms with Crippen molar-refractivity contribution in [1.82, 2.24) is 0 Å². The van der Waals surface area contributed by atoms with E-state index in [1.54, 1.807) is 25.3 Å². The second kappa shape index (κ2) is 6.91. The quantitative estimate of drug-likeness (QED) is 0.715. The van der Waals surface area contributed by atoms with Gasteiger partial charge in [-0.25, -0.2) is 4.79 Å². The van der Waals surface area contributed by atoms with E-state index in [1.165, 1.54) is 4.90 Å². The number of anilines is 1. The molecule has 7 heteroatoms. The molecule has 0 N–H and O–H groups in total. The van der Waals surface area contributed by atoms with Gasteiger partial charge in [-0.05, 0) is 35.9 Å². The molecule has 2 heterocycles. The maximum atomic E-state index is 13.0. The van der Waals surface area contributed by atoms with Crippen LogP contribution in [0.1, 0.15) is 17.9 Å². The van der Waals surface area contributed by atoms with Crippen LogP contribution in [0.4, 0.5) is 5.69 Å². The van der Waals surface area contributed by atoms with Crippen LogP contribution in [0.3, 0.4) is 0 Å². The fourth-order valence-electron chi connectivity index (χ4n) is 3.57. The van der Waals surface area contributed by atoms with Crippen molar-refractivity contribution in [2.45, 2.75) is 12.3 Å². The Morgan fingerprint density at radius 2 is 1.85 bits per heavy atom. The molecule has 0 aliphatic carbocycles. The summed E-state index contributed by atoms with van der Waals surface area (Å²) in [6.07, 6.45) is 0.130. The number of hydrogen-bond donors (Lipinski definition) is 0. The molecule has 0 unspecified atom stereocenters. The third kappa shape index (κ3) is 3.17. The fourth-order valence-corrected chi connectivity index (χ4v) is 4.08. The van der Waals surface area contributed by atoms with Gasteiger partial charge in [0.2, 0.25) is 5.91 Å². The van der Waals surface area contributed by atoms with E-state index in [0.29, 0.717) is 32.8 Å². The lowest BCUT2D eigenvalue weighted by Crippen LogP contribution is -2.37. The Bertz CT molecular complexity index is 965. The lowest BCUT2D eigenvalue weighted by Gasteiger charge is -2.32. The van der Waals surface area contributed by atoms with Crippen molar-refractivity contribution >= 4 is 40.8 Å². The van der Waals surface area contributed by atoms with Crippen molar-refractivity contribution < 1.29 is 19.1 Å². The van der Waals surface area contributed by atoms with Crippen LogP contribution in [0.15, 0.2) is 53.7 Å². The van der Waals surface area contributed by atoms with Gasteiger partial charge in [0.15, 0.2) is 0 Å². The molecule has 1 atom stereocenters. The topological polar surface area (TPSA) is 55.8 Å². The molecular formula is C20H15Cl2NO4. The molecule has 0 aromatic heterocycles. The molecule has 0 bridgehead atoms. The Labute approximate surface area is 166 Å². The van der Waals surface area contributed by atoms with Crippen LogP contribution in [-0.2, 0) is 14.3 Å². The predicted molar refractivity (Wildman–Crippen MR) is 102 cm³/mol. The standard InChI is InChI=1S/C20H15Cl2NO4/c1-26-15-4-2-3-11(5-15)16-9-18(24)23(17-10-27-20(25)19(16)17)14-7-12(21)6-13(22)8-14/h2-8,16H,9-10H2,1H3/t16-/m0/s1. The lowest BCUT2D eigenvalue weighted by atomic mass is 9.84. The van der Waals surface area contributed by atoms with Crippen LogP contribution in [0.5, 0.6) is 5.75 Å². The zero-order valence-corrected chi connectivity index (χ0v) is 15.9. The fraction of sp³-hybridized carbons (Fsp3) is 0.200. The smallest absolute Gasteiger partial charge is 0.336 e. The second-order valence-corrected chi connectivity index (χ2v) is 7.20. The highest BCUT2D eigenvalue weighted by Gasteiger charge is 2.43. The third-order valence-corrected chi connectivity index (χ3v) is 5.16. The highest BCUT2D eigenvalue weighted by Crippen LogP contribution is 2.43. The van der Waals surface area contributed by atoms with Gasteiger partial charge in [0.25, 0.3) is 0 Å². The van der Waals surface area contributed by atoms with Crippen molar-refractivity contribution in [2.75, 3.05) is 18.6 Å². The first-order valence-electron chi connectivity index (χ1n) is 8.31. The van der Waals surface area contributed by atoms with Crippen LogP contribution in [-0.4, -0.2) is 25.6 Å². The van der Waals surface area contributed by atoms with Gasteiger partial charge in [0.1, 0.15) is 12.4 Å². The number of methoxy groups -OCH3 is 1. The van der Waals surface area contributed by atoms with Gasteiger partial charge in [-0.1, -0.05) is 35.3 Å². The molecule has 27 heavy (non-hydrogen) atoms. The van der Waals surface area contributed by atoms with Gasteiger partial charge in [0.05, 0.1) is 24.1 Å². The van der Waals surface area contributed by atoms with Crippen molar-refractivity contribution in [3.63, 3.8) is 0 Å². The van der Waals surface area contributed by atoms with Crippen molar-refractivity contribution in [2.24, 2.45) is 0 Å². The SMILES string of the molecule is COc1cccc([C@@H]2CC(=O)N(c3cc(Cl)cc(Cl)c3)C3=C2C(=O)OC3)c1. The number of rotatable bonds is 3. The zero-order valence-electron chi connectivity index (χ0n) is 14.4. The van der Waals surface area contributed by atoms with Crippen LogP contribution in [0, 0.1) is 0 Å². The number of carbonyl (C=O) groups is 2. The van der Waals surface area contributed by atoms with Crippen LogP contribution >= 0.6 is 23.2 Å². The summed E-state index contributed by atoms with van der Waals surface area (Å²) < 4.78 is 10.5. The average Bonchev–Trinajstić information content (AvgIpc) is 3.01. The summed E-state index contributed by atoms with van der Waals surface area (Å²) in [5.41, 5.74) is 2.37. The largest absolute Gasteiger partial charge is 0.497 e. The summed E-state index contributed by atoms with van der Waals surface area (Å²) in [6.45, 7) is 0.0322. The van der Waals surface area contributed by atoms with Gasteiger partial charge in [0, 0.05) is 22.4 Å². The summed E-state index contributed by atoms with van der Waals surface area (Å²) >= 11 is 12.2. The average molecular weight is 404 g/mol. The van der Waals surface area contributed by atoms with E-state index in [2.05, 4.69) is 0 Å². The summed E-state index contributed by atoms with van der Waals surface area (Å²) in [4.78, 5) is 27.0. The Balaban J connectivity index is 1.84. The van der Waals surface area contributed by atoms with Gasteiger partial charge in [-0.2, -0.15) is 0 Å². The van der Waals surface area contributed by atoms with Gasteiger partial charge >= 0.3 is 5.97 Å². The Kier molecular flexibility index (Phi) is 4.58. The molecule has 0 radical (unpaired) electrons. The van der Waals surface area contributed by atoms with E-state index < -0.39 is 5.97 Å². The molecule has 4 rings (SSSR count). The molecule has 0 spiro atoms. The first-order valence-corrected chi connectivity index (χ1v) is 9.06. The first kappa shape index (κ1) is 17.9. The minimum absolute atomic E-state index is 0.0322. The molecule has 2 aliphatic heterocycles. The number of nitrogens with zero attached hydrogens (tertiary/aromatic N) is 1. The molecule has 0 fully saturated rings. The zero-order chi connectivity index (χ0) is 19.1. The summed E-state index contributed by atoms with van der Waals surface area (Å²) in [7, 11) is 1.57. The molecule has 2 aromatic rings. The molecule has 0 saturated heterocycles. The number of hydrogen-bond acceptors (Lipinski definition) is 4. The first-order chi connectivity index (χ1) is 13.0. The van der Waals surface area contributed by atoms with Gasteiger partial charge in [-0.3, -0.25) is 9.69 Å². The normalized spacial score (nSPS) is 19.2. The number of halogens is 2. The molecular weight excluding hydrogens is 389 g/mol. The number of esters is 1. The molecule has 0 saturated carbocycles. The van der Waals surface area contributed by atoms with Crippen LogP contribution in [0.25, 0.3) is 0 Å². The Morgan fingerprint density at radius 3 is 2.56 bits per heavy atom. The maximum Gasteiger partial charge on any atom is 0.336 e. The van der Waals surface area contributed by atoms with E-state index in [4.69, 9.17) is 32.7 Å².